The molecule has 1 aromatic carbocycles. The molecule has 2 nitrogen and oxygen atoms in total. The summed E-state index contributed by atoms with van der Waals surface area (Å²) < 4.78 is 0. The zero-order chi connectivity index (χ0) is 13.2. The lowest BCUT2D eigenvalue weighted by Gasteiger charge is -2.27. The van der Waals surface area contributed by atoms with Crippen LogP contribution in [0.1, 0.15) is 36.0 Å². The van der Waals surface area contributed by atoms with Gasteiger partial charge in [-0.1, -0.05) is 36.0 Å². The molecule has 1 N–H and O–H groups in total. The Kier molecular flexibility index (Phi) is 4.41. The first kappa shape index (κ1) is 14.0. The highest BCUT2D eigenvalue weighted by atomic mass is 35.5. The second-order valence-corrected chi connectivity index (χ2v) is 5.79. The van der Waals surface area contributed by atoms with Crippen LogP contribution in [-0.2, 0) is 0 Å². The van der Waals surface area contributed by atoms with Crippen LogP contribution < -0.4 is 5.32 Å². The van der Waals surface area contributed by atoms with Crippen molar-refractivity contribution in [3.63, 3.8) is 0 Å². The molecule has 0 saturated heterocycles. The number of hydrogen-bond acceptors (Lipinski definition) is 1. The molecule has 18 heavy (non-hydrogen) atoms. The maximum absolute atomic E-state index is 12.2. The number of amides is 1. The molecule has 5 heteroatoms. The number of hydrogen-bond donors (Lipinski definition) is 1. The van der Waals surface area contributed by atoms with Gasteiger partial charge in [0.25, 0.3) is 5.91 Å². The molecule has 0 bridgehead atoms. The average Bonchev–Trinajstić information content (AvgIpc) is 2.82. The van der Waals surface area contributed by atoms with E-state index in [-0.39, 0.29) is 11.4 Å². The minimum absolute atomic E-state index is 0.142. The molecular formula is C13H14Cl3NO. The molecular weight excluding hydrogens is 293 g/mol. The fourth-order valence-electron chi connectivity index (χ4n) is 2.29. The summed E-state index contributed by atoms with van der Waals surface area (Å²) in [7, 11) is 0. The molecule has 0 radical (unpaired) electrons. The summed E-state index contributed by atoms with van der Waals surface area (Å²) in [5.74, 6) is 0.302. The van der Waals surface area contributed by atoms with Crippen molar-refractivity contribution in [1.82, 2.24) is 5.32 Å². The number of nitrogens with one attached hydrogen (secondary N) is 1. The molecule has 0 unspecified atom stereocenters. The largest absolute Gasteiger partial charge is 0.345 e. The third-order valence-corrected chi connectivity index (χ3v) is 4.63. The van der Waals surface area contributed by atoms with Gasteiger partial charge in [0.2, 0.25) is 0 Å². The molecule has 0 atom stereocenters. The minimum atomic E-state index is -0.259. The standard InChI is InChI=1S/C13H14Cl3NO/c14-8-13(5-1-2-6-13)17-12(18)9-3-4-10(15)11(16)7-9/h3-4,7H,1-2,5-6,8H2,(H,17,18). The molecule has 1 saturated carbocycles. The molecule has 1 aliphatic carbocycles. The molecule has 0 heterocycles. The van der Waals surface area contributed by atoms with E-state index in [2.05, 4.69) is 5.32 Å². The number of carbonyl (C=O) groups excluding carboxylic acids is 1. The lowest BCUT2D eigenvalue weighted by molar-refractivity contribution is 0.0909. The molecule has 1 aromatic rings. The van der Waals surface area contributed by atoms with Gasteiger partial charge in [-0.2, -0.15) is 0 Å². The van der Waals surface area contributed by atoms with Crippen molar-refractivity contribution in [2.45, 2.75) is 31.2 Å². The smallest absolute Gasteiger partial charge is 0.251 e. The van der Waals surface area contributed by atoms with Crippen LogP contribution in [0.3, 0.4) is 0 Å². The monoisotopic (exact) mass is 305 g/mol. The van der Waals surface area contributed by atoms with E-state index in [1.807, 2.05) is 0 Å². The fraction of sp³-hybridized carbons (Fsp3) is 0.462. The van der Waals surface area contributed by atoms with Crippen molar-refractivity contribution in [3.05, 3.63) is 33.8 Å². The fourth-order valence-corrected chi connectivity index (χ4v) is 2.93. The van der Waals surface area contributed by atoms with Gasteiger partial charge in [0.15, 0.2) is 0 Å². The van der Waals surface area contributed by atoms with Gasteiger partial charge in [0.05, 0.1) is 15.6 Å². The summed E-state index contributed by atoms with van der Waals surface area (Å²) in [4.78, 5) is 12.2. The number of carbonyl (C=O) groups is 1. The van der Waals surface area contributed by atoms with Gasteiger partial charge in [-0.05, 0) is 31.0 Å². The lowest BCUT2D eigenvalue weighted by Crippen LogP contribution is -2.47. The van der Waals surface area contributed by atoms with E-state index >= 15 is 0 Å². The Morgan fingerprint density at radius 1 is 1.22 bits per heavy atom. The van der Waals surface area contributed by atoms with Gasteiger partial charge in [0, 0.05) is 11.4 Å². The Bertz CT molecular complexity index is 456. The van der Waals surface area contributed by atoms with E-state index in [9.17, 15) is 4.79 Å². The van der Waals surface area contributed by atoms with E-state index in [4.69, 9.17) is 34.8 Å². The van der Waals surface area contributed by atoms with Crippen molar-refractivity contribution in [2.24, 2.45) is 0 Å². The van der Waals surface area contributed by atoms with E-state index in [1.165, 1.54) is 0 Å². The molecule has 2 rings (SSSR count). The van der Waals surface area contributed by atoms with Crippen molar-refractivity contribution in [3.8, 4) is 0 Å². The molecule has 1 fully saturated rings. The predicted octanol–water partition coefficient (Wildman–Crippen LogP) is 4.27. The number of rotatable bonds is 3. The second kappa shape index (κ2) is 5.68. The Morgan fingerprint density at radius 3 is 2.44 bits per heavy atom. The van der Waals surface area contributed by atoms with Crippen LogP contribution in [0.15, 0.2) is 18.2 Å². The maximum atomic E-state index is 12.2. The zero-order valence-electron chi connectivity index (χ0n) is 9.81. The van der Waals surface area contributed by atoms with Gasteiger partial charge >= 0.3 is 0 Å². The lowest BCUT2D eigenvalue weighted by atomic mass is 9.99. The number of halogens is 3. The first-order valence-electron chi connectivity index (χ1n) is 5.90. The molecule has 1 amide bonds. The SMILES string of the molecule is O=C(NC1(CCl)CCCC1)c1ccc(Cl)c(Cl)c1. The maximum Gasteiger partial charge on any atom is 0.251 e. The first-order chi connectivity index (χ1) is 8.56. The average molecular weight is 307 g/mol. The van der Waals surface area contributed by atoms with Crippen LogP contribution in [0, 0.1) is 0 Å². The summed E-state index contributed by atoms with van der Waals surface area (Å²) >= 11 is 17.7. The van der Waals surface area contributed by atoms with Crippen molar-refractivity contribution >= 4 is 40.7 Å². The Hall–Kier alpha value is -0.440. The molecule has 1 aliphatic rings. The van der Waals surface area contributed by atoms with Crippen LogP contribution in [0.2, 0.25) is 10.0 Å². The first-order valence-corrected chi connectivity index (χ1v) is 7.19. The quantitative estimate of drug-likeness (QED) is 0.830. The van der Waals surface area contributed by atoms with Crippen LogP contribution >= 0.6 is 34.8 Å². The van der Waals surface area contributed by atoms with Gasteiger partial charge in [-0.3, -0.25) is 4.79 Å². The summed E-state index contributed by atoms with van der Waals surface area (Å²) in [6, 6.07) is 4.87. The van der Waals surface area contributed by atoms with Crippen LogP contribution in [0.25, 0.3) is 0 Å². The summed E-state index contributed by atoms with van der Waals surface area (Å²) in [6.45, 7) is 0. The van der Waals surface area contributed by atoms with Crippen LogP contribution in [-0.4, -0.2) is 17.3 Å². The van der Waals surface area contributed by atoms with E-state index in [0.717, 1.165) is 25.7 Å². The Morgan fingerprint density at radius 2 is 1.89 bits per heavy atom. The van der Waals surface area contributed by atoms with Crippen molar-refractivity contribution < 1.29 is 4.79 Å². The molecule has 98 valence electrons. The summed E-state index contributed by atoms with van der Waals surface area (Å²) in [5.41, 5.74) is 0.255. The van der Waals surface area contributed by atoms with E-state index in [0.29, 0.717) is 21.5 Å². The molecule has 0 spiro atoms. The highest BCUT2D eigenvalue weighted by Gasteiger charge is 2.34. The second-order valence-electron chi connectivity index (χ2n) is 4.70. The van der Waals surface area contributed by atoms with E-state index in [1.54, 1.807) is 18.2 Å². The number of benzene rings is 1. The highest BCUT2D eigenvalue weighted by Crippen LogP contribution is 2.31. The third kappa shape index (κ3) is 2.93. The van der Waals surface area contributed by atoms with Crippen molar-refractivity contribution in [1.29, 1.82) is 0 Å². The van der Waals surface area contributed by atoms with Gasteiger partial charge in [-0.25, -0.2) is 0 Å². The van der Waals surface area contributed by atoms with Gasteiger partial charge < -0.3 is 5.32 Å². The van der Waals surface area contributed by atoms with Crippen LogP contribution in [0.5, 0.6) is 0 Å². The topological polar surface area (TPSA) is 29.1 Å². The van der Waals surface area contributed by atoms with Gasteiger partial charge in [-0.15, -0.1) is 11.6 Å². The predicted molar refractivity (Wildman–Crippen MR) is 75.8 cm³/mol. The van der Waals surface area contributed by atoms with Crippen LogP contribution in [0.4, 0.5) is 0 Å². The minimum Gasteiger partial charge on any atom is -0.345 e. The van der Waals surface area contributed by atoms with Crippen molar-refractivity contribution in [2.75, 3.05) is 5.88 Å². The third-order valence-electron chi connectivity index (χ3n) is 3.38. The molecule has 0 aromatic heterocycles. The summed E-state index contributed by atoms with van der Waals surface area (Å²) in [5, 5.41) is 3.86. The highest BCUT2D eigenvalue weighted by molar-refractivity contribution is 6.42. The zero-order valence-corrected chi connectivity index (χ0v) is 12.1. The molecule has 0 aliphatic heterocycles. The Balaban J connectivity index is 2.13. The Labute approximate surface area is 122 Å². The normalized spacial score (nSPS) is 17.7. The van der Waals surface area contributed by atoms with Gasteiger partial charge in [0.1, 0.15) is 0 Å². The van der Waals surface area contributed by atoms with E-state index < -0.39 is 0 Å². The number of alkyl halides is 1. The summed E-state index contributed by atoms with van der Waals surface area (Å²) in [6.07, 6.45) is 4.08.